The quantitative estimate of drug-likeness (QED) is 0.890. The van der Waals surface area contributed by atoms with Gasteiger partial charge in [-0.25, -0.2) is 4.98 Å². The molecular formula is C14H19BrN4OS. The van der Waals surface area contributed by atoms with E-state index in [1.165, 1.54) is 11.3 Å². The van der Waals surface area contributed by atoms with Gasteiger partial charge in [-0.1, -0.05) is 20.8 Å². The summed E-state index contributed by atoms with van der Waals surface area (Å²) in [5.41, 5.74) is 1.88. The fourth-order valence-corrected chi connectivity index (χ4v) is 3.00. The summed E-state index contributed by atoms with van der Waals surface area (Å²) >= 11 is 4.84. The van der Waals surface area contributed by atoms with Crippen LogP contribution in [0.5, 0.6) is 0 Å². The van der Waals surface area contributed by atoms with Crippen LogP contribution in [0.4, 0.5) is 5.13 Å². The van der Waals surface area contributed by atoms with E-state index < -0.39 is 6.04 Å². The molecule has 0 aliphatic carbocycles. The van der Waals surface area contributed by atoms with Crippen LogP contribution in [0.3, 0.4) is 0 Å². The predicted octanol–water partition coefficient (Wildman–Crippen LogP) is 3.91. The van der Waals surface area contributed by atoms with Crippen LogP contribution in [0.2, 0.25) is 0 Å². The molecule has 2 rings (SSSR count). The van der Waals surface area contributed by atoms with Crippen LogP contribution in [-0.4, -0.2) is 20.7 Å². The molecule has 0 saturated heterocycles. The maximum Gasteiger partial charge on any atom is 0.250 e. The summed E-state index contributed by atoms with van der Waals surface area (Å²) in [4.78, 5) is 16.8. The Hall–Kier alpha value is -1.21. The first-order valence-corrected chi connectivity index (χ1v) is 8.34. The van der Waals surface area contributed by atoms with E-state index in [-0.39, 0.29) is 11.3 Å². The number of nitrogens with one attached hydrogen (secondary N) is 1. The number of carbonyl (C=O) groups is 1. The van der Waals surface area contributed by atoms with Gasteiger partial charge in [0.15, 0.2) is 5.13 Å². The van der Waals surface area contributed by atoms with Gasteiger partial charge in [0.2, 0.25) is 0 Å². The maximum absolute atomic E-state index is 12.3. The van der Waals surface area contributed by atoms with Crippen molar-refractivity contribution in [2.24, 2.45) is 0 Å². The highest BCUT2D eigenvalue weighted by atomic mass is 79.9. The highest BCUT2D eigenvalue weighted by Gasteiger charge is 2.21. The van der Waals surface area contributed by atoms with Gasteiger partial charge in [0.05, 0.1) is 22.1 Å². The van der Waals surface area contributed by atoms with Crippen LogP contribution in [-0.2, 0) is 10.2 Å². The summed E-state index contributed by atoms with van der Waals surface area (Å²) in [6.07, 6.45) is 1.69. The molecule has 0 aliphatic rings. The van der Waals surface area contributed by atoms with Crippen molar-refractivity contribution < 1.29 is 4.79 Å². The Morgan fingerprint density at radius 1 is 1.48 bits per heavy atom. The number of rotatable bonds is 3. The van der Waals surface area contributed by atoms with Crippen LogP contribution in [0, 0.1) is 6.92 Å². The topological polar surface area (TPSA) is 59.8 Å². The minimum atomic E-state index is -0.390. The van der Waals surface area contributed by atoms with Crippen molar-refractivity contribution in [3.8, 4) is 0 Å². The summed E-state index contributed by atoms with van der Waals surface area (Å²) < 4.78 is 2.59. The molecular weight excluding hydrogens is 352 g/mol. The Bertz CT molecular complexity index is 656. The van der Waals surface area contributed by atoms with E-state index in [2.05, 4.69) is 52.1 Å². The zero-order chi connectivity index (χ0) is 15.8. The average Bonchev–Trinajstić information content (AvgIpc) is 2.97. The number of anilines is 1. The zero-order valence-corrected chi connectivity index (χ0v) is 15.2. The van der Waals surface area contributed by atoms with Gasteiger partial charge in [-0.3, -0.25) is 9.48 Å². The normalized spacial score (nSPS) is 13.2. The van der Waals surface area contributed by atoms with Crippen LogP contribution in [0.15, 0.2) is 16.0 Å². The van der Waals surface area contributed by atoms with Crippen molar-refractivity contribution in [3.05, 3.63) is 27.4 Å². The van der Waals surface area contributed by atoms with Crippen molar-refractivity contribution in [2.45, 2.75) is 46.1 Å². The summed E-state index contributed by atoms with van der Waals surface area (Å²) in [6, 6.07) is -0.390. The van der Waals surface area contributed by atoms with E-state index in [9.17, 15) is 4.79 Å². The molecule has 0 saturated carbocycles. The van der Waals surface area contributed by atoms with E-state index in [0.29, 0.717) is 5.13 Å². The third-order valence-corrected chi connectivity index (χ3v) is 4.77. The molecule has 0 aliphatic heterocycles. The molecule has 7 heteroatoms. The number of hydrogen-bond acceptors (Lipinski definition) is 4. The number of carbonyl (C=O) groups excluding carboxylic acids is 1. The summed E-state index contributed by atoms with van der Waals surface area (Å²) in [6.45, 7) is 10.0. The first kappa shape index (κ1) is 16.2. The Morgan fingerprint density at radius 3 is 2.62 bits per heavy atom. The van der Waals surface area contributed by atoms with Gasteiger partial charge in [-0.05, 0) is 29.8 Å². The Labute approximate surface area is 136 Å². The van der Waals surface area contributed by atoms with Crippen molar-refractivity contribution in [2.75, 3.05) is 5.32 Å². The molecule has 2 aromatic rings. The zero-order valence-electron chi connectivity index (χ0n) is 12.8. The van der Waals surface area contributed by atoms with Gasteiger partial charge in [-0.15, -0.1) is 11.3 Å². The largest absolute Gasteiger partial charge is 0.300 e. The summed E-state index contributed by atoms with van der Waals surface area (Å²) in [5, 5.41) is 9.68. The average molecular weight is 371 g/mol. The van der Waals surface area contributed by atoms with Gasteiger partial charge in [0.1, 0.15) is 6.04 Å². The number of halogens is 1. The first-order valence-electron chi connectivity index (χ1n) is 6.66. The standard InChI is InChI=1S/C14H19BrN4OS/c1-8-10(15)6-16-19(8)9(2)12(20)18-13-17-11(7-21-13)14(3,4)5/h6-7,9H,1-5H3,(H,17,18,20)/t9-/m0/s1. The van der Waals surface area contributed by atoms with Crippen molar-refractivity contribution in [1.29, 1.82) is 0 Å². The predicted molar refractivity (Wildman–Crippen MR) is 88.8 cm³/mol. The molecule has 0 fully saturated rings. The maximum atomic E-state index is 12.3. The van der Waals surface area contributed by atoms with Crippen molar-refractivity contribution in [1.82, 2.24) is 14.8 Å². The van der Waals surface area contributed by atoms with E-state index in [1.807, 2.05) is 19.2 Å². The van der Waals surface area contributed by atoms with Gasteiger partial charge < -0.3 is 5.32 Å². The number of nitrogens with zero attached hydrogens (tertiary/aromatic N) is 3. The van der Waals surface area contributed by atoms with E-state index in [0.717, 1.165) is 15.9 Å². The fraction of sp³-hybridized carbons (Fsp3) is 0.500. The van der Waals surface area contributed by atoms with Gasteiger partial charge in [0, 0.05) is 10.8 Å². The van der Waals surface area contributed by atoms with Gasteiger partial charge in [-0.2, -0.15) is 5.10 Å². The lowest BCUT2D eigenvalue weighted by atomic mass is 9.93. The Kier molecular flexibility index (Phi) is 4.53. The molecule has 2 heterocycles. The van der Waals surface area contributed by atoms with Crippen LogP contribution in [0.25, 0.3) is 0 Å². The fourth-order valence-electron chi connectivity index (χ4n) is 1.79. The lowest BCUT2D eigenvalue weighted by Crippen LogP contribution is -2.25. The lowest BCUT2D eigenvalue weighted by Gasteiger charge is -2.15. The highest BCUT2D eigenvalue weighted by molar-refractivity contribution is 9.10. The minimum absolute atomic E-state index is 0.0193. The molecule has 5 nitrogen and oxygen atoms in total. The second kappa shape index (κ2) is 5.88. The smallest absolute Gasteiger partial charge is 0.250 e. The number of aromatic nitrogens is 3. The van der Waals surface area contributed by atoms with Crippen LogP contribution in [0.1, 0.15) is 45.1 Å². The molecule has 1 atom stereocenters. The summed E-state index contributed by atoms with van der Waals surface area (Å²) in [7, 11) is 0. The molecule has 114 valence electrons. The molecule has 1 amide bonds. The van der Waals surface area contributed by atoms with E-state index in [1.54, 1.807) is 10.9 Å². The SMILES string of the molecule is Cc1c(Br)cnn1[C@@H](C)C(=O)Nc1nc(C(C)(C)C)cs1. The monoisotopic (exact) mass is 370 g/mol. The number of thiazole rings is 1. The Balaban J connectivity index is 2.11. The molecule has 0 unspecified atom stereocenters. The van der Waals surface area contributed by atoms with E-state index >= 15 is 0 Å². The Morgan fingerprint density at radius 2 is 2.14 bits per heavy atom. The molecule has 1 N–H and O–H groups in total. The van der Waals surface area contributed by atoms with E-state index in [4.69, 9.17) is 0 Å². The molecule has 0 radical (unpaired) electrons. The highest BCUT2D eigenvalue weighted by Crippen LogP contribution is 2.27. The first-order chi connectivity index (χ1) is 9.70. The van der Waals surface area contributed by atoms with Gasteiger partial charge in [0.25, 0.3) is 5.91 Å². The molecule has 0 aromatic carbocycles. The van der Waals surface area contributed by atoms with Crippen LogP contribution >= 0.6 is 27.3 Å². The molecule has 0 spiro atoms. The number of hydrogen-bond donors (Lipinski definition) is 1. The number of amides is 1. The third kappa shape index (κ3) is 3.52. The minimum Gasteiger partial charge on any atom is -0.300 e. The van der Waals surface area contributed by atoms with Crippen LogP contribution < -0.4 is 5.32 Å². The molecule has 0 bridgehead atoms. The third-order valence-electron chi connectivity index (χ3n) is 3.23. The molecule has 2 aromatic heterocycles. The second-order valence-electron chi connectivity index (χ2n) is 5.98. The van der Waals surface area contributed by atoms with Crippen molar-refractivity contribution in [3.63, 3.8) is 0 Å². The second-order valence-corrected chi connectivity index (χ2v) is 7.69. The summed E-state index contributed by atoms with van der Waals surface area (Å²) in [5.74, 6) is -0.122. The van der Waals surface area contributed by atoms with Crippen molar-refractivity contribution >= 4 is 38.3 Å². The molecule has 21 heavy (non-hydrogen) atoms. The lowest BCUT2D eigenvalue weighted by molar-refractivity contribution is -0.119. The van der Waals surface area contributed by atoms with Gasteiger partial charge >= 0.3 is 0 Å².